The van der Waals surface area contributed by atoms with Crippen LogP contribution < -0.4 is 10.1 Å². The second-order valence-electron chi connectivity index (χ2n) is 6.20. The number of amides is 1. The van der Waals surface area contributed by atoms with Crippen molar-refractivity contribution in [3.05, 3.63) is 63.1 Å². The van der Waals surface area contributed by atoms with Crippen LogP contribution in [0.15, 0.2) is 41.6 Å². The quantitative estimate of drug-likeness (QED) is 0.426. The molecule has 1 aromatic heterocycles. The van der Waals surface area contributed by atoms with Crippen LogP contribution in [0.25, 0.3) is 0 Å². The van der Waals surface area contributed by atoms with Gasteiger partial charge in [0.1, 0.15) is 11.6 Å². The van der Waals surface area contributed by atoms with Gasteiger partial charge >= 0.3 is 0 Å². The van der Waals surface area contributed by atoms with Gasteiger partial charge in [0.2, 0.25) is 5.91 Å². The van der Waals surface area contributed by atoms with Crippen molar-refractivity contribution in [1.29, 1.82) is 0 Å². The predicted octanol–water partition coefficient (Wildman–Crippen LogP) is 5.79. The van der Waals surface area contributed by atoms with Crippen LogP contribution >= 0.6 is 46.6 Å². The molecule has 6 nitrogen and oxygen atoms in total. The van der Waals surface area contributed by atoms with Gasteiger partial charge in [0.05, 0.1) is 15.8 Å². The SMILES string of the molecule is CC(Oc1ccc(Cl)cc1Cl)c1nnc(SCC(=O)Nc2ccc(F)c(Cl)c2)n1C. The Labute approximate surface area is 191 Å². The summed E-state index contributed by atoms with van der Waals surface area (Å²) in [5.41, 5.74) is 0.410. The van der Waals surface area contributed by atoms with Crippen LogP contribution in [-0.2, 0) is 11.8 Å². The maximum atomic E-state index is 13.2. The number of hydrogen-bond donors (Lipinski definition) is 1. The first kappa shape index (κ1) is 22.7. The molecule has 3 aromatic rings. The second-order valence-corrected chi connectivity index (χ2v) is 8.39. The number of carbonyl (C=O) groups excluding carboxylic acids is 1. The van der Waals surface area contributed by atoms with E-state index in [0.717, 1.165) is 0 Å². The Balaban J connectivity index is 1.60. The van der Waals surface area contributed by atoms with Gasteiger partial charge in [-0.2, -0.15) is 0 Å². The fourth-order valence-corrected chi connectivity index (χ4v) is 3.87. The fourth-order valence-electron chi connectivity index (χ4n) is 2.52. The van der Waals surface area contributed by atoms with Crippen molar-refractivity contribution in [3.63, 3.8) is 0 Å². The lowest BCUT2D eigenvalue weighted by molar-refractivity contribution is -0.113. The standard InChI is InChI=1S/C19H16Cl3FN4O2S/c1-10(29-16-6-3-11(20)7-14(16)22)18-25-26-19(27(18)2)30-9-17(28)24-12-4-5-15(23)13(21)8-12/h3-8,10H,9H2,1-2H3,(H,24,28). The van der Waals surface area contributed by atoms with Gasteiger partial charge in [-0.1, -0.05) is 46.6 Å². The minimum atomic E-state index is -0.549. The number of nitrogens with zero attached hydrogens (tertiary/aromatic N) is 3. The first-order valence-corrected chi connectivity index (χ1v) is 10.7. The second kappa shape index (κ2) is 9.87. The first-order chi connectivity index (χ1) is 14.2. The van der Waals surface area contributed by atoms with E-state index in [1.165, 1.54) is 30.0 Å². The summed E-state index contributed by atoms with van der Waals surface area (Å²) in [6, 6.07) is 8.93. The molecule has 0 spiro atoms. The molecule has 1 heterocycles. The minimum absolute atomic E-state index is 0.0619. The Morgan fingerprint density at radius 1 is 1.20 bits per heavy atom. The van der Waals surface area contributed by atoms with Gasteiger partial charge in [-0.25, -0.2) is 4.39 Å². The highest BCUT2D eigenvalue weighted by atomic mass is 35.5. The summed E-state index contributed by atoms with van der Waals surface area (Å²) < 4.78 is 20.8. The summed E-state index contributed by atoms with van der Waals surface area (Å²) in [6.07, 6.45) is -0.439. The van der Waals surface area contributed by atoms with E-state index in [1.54, 1.807) is 29.8 Å². The van der Waals surface area contributed by atoms with E-state index in [0.29, 0.717) is 32.5 Å². The van der Waals surface area contributed by atoms with Gasteiger partial charge in [0.25, 0.3) is 0 Å². The maximum absolute atomic E-state index is 13.2. The predicted molar refractivity (Wildman–Crippen MR) is 117 cm³/mol. The molecule has 30 heavy (non-hydrogen) atoms. The minimum Gasteiger partial charge on any atom is -0.481 e. The van der Waals surface area contributed by atoms with E-state index in [2.05, 4.69) is 15.5 Å². The summed E-state index contributed by atoms with van der Waals surface area (Å²) in [5.74, 6) is 0.285. The van der Waals surface area contributed by atoms with E-state index >= 15 is 0 Å². The molecular formula is C19H16Cl3FN4O2S. The Kier molecular flexibility index (Phi) is 7.46. The van der Waals surface area contributed by atoms with E-state index in [4.69, 9.17) is 39.5 Å². The third-order valence-electron chi connectivity index (χ3n) is 3.97. The number of hydrogen-bond acceptors (Lipinski definition) is 5. The van der Waals surface area contributed by atoms with Crippen LogP contribution in [0.2, 0.25) is 15.1 Å². The molecule has 158 valence electrons. The zero-order valence-corrected chi connectivity index (χ0v) is 18.9. The van der Waals surface area contributed by atoms with Crippen LogP contribution in [0.4, 0.5) is 10.1 Å². The molecule has 0 aliphatic rings. The summed E-state index contributed by atoms with van der Waals surface area (Å²) in [4.78, 5) is 12.2. The molecule has 0 bridgehead atoms. The highest BCUT2D eigenvalue weighted by Crippen LogP contribution is 2.31. The summed E-state index contributed by atoms with van der Waals surface area (Å²) in [5, 5.41) is 12.3. The highest BCUT2D eigenvalue weighted by molar-refractivity contribution is 7.99. The molecule has 0 saturated carbocycles. The number of ether oxygens (including phenoxy) is 1. The van der Waals surface area contributed by atoms with Gasteiger partial charge < -0.3 is 14.6 Å². The summed E-state index contributed by atoms with van der Waals surface area (Å²) >= 11 is 19.0. The topological polar surface area (TPSA) is 69.0 Å². The average Bonchev–Trinajstić information content (AvgIpc) is 3.06. The van der Waals surface area contributed by atoms with Crippen LogP contribution in [0.3, 0.4) is 0 Å². The normalized spacial score (nSPS) is 11.9. The van der Waals surface area contributed by atoms with E-state index < -0.39 is 11.9 Å². The Morgan fingerprint density at radius 3 is 2.67 bits per heavy atom. The maximum Gasteiger partial charge on any atom is 0.234 e. The zero-order chi connectivity index (χ0) is 21.8. The molecule has 1 unspecified atom stereocenters. The summed E-state index contributed by atoms with van der Waals surface area (Å²) in [7, 11) is 1.78. The van der Waals surface area contributed by atoms with E-state index in [9.17, 15) is 9.18 Å². The third kappa shape index (κ3) is 5.57. The number of benzene rings is 2. The lowest BCUT2D eigenvalue weighted by Gasteiger charge is -2.15. The molecule has 3 rings (SSSR count). The Hall–Kier alpha value is -2.00. The molecule has 1 amide bonds. The molecular weight excluding hydrogens is 474 g/mol. The number of carbonyl (C=O) groups is 1. The van der Waals surface area contributed by atoms with E-state index in [1.807, 2.05) is 6.92 Å². The highest BCUT2D eigenvalue weighted by Gasteiger charge is 2.19. The van der Waals surface area contributed by atoms with Gasteiger partial charge in [-0.15, -0.1) is 10.2 Å². The third-order valence-corrected chi connectivity index (χ3v) is 5.81. The van der Waals surface area contributed by atoms with Crippen molar-refractivity contribution in [2.75, 3.05) is 11.1 Å². The first-order valence-electron chi connectivity index (χ1n) is 8.63. The van der Waals surface area contributed by atoms with Crippen molar-refractivity contribution in [1.82, 2.24) is 14.8 Å². The zero-order valence-electron chi connectivity index (χ0n) is 15.8. The molecule has 1 N–H and O–H groups in total. The molecule has 0 fully saturated rings. The van der Waals surface area contributed by atoms with Crippen molar-refractivity contribution in [3.8, 4) is 5.75 Å². The van der Waals surface area contributed by atoms with Crippen molar-refractivity contribution in [2.24, 2.45) is 7.05 Å². The monoisotopic (exact) mass is 488 g/mol. The molecule has 0 aliphatic carbocycles. The molecule has 0 aliphatic heterocycles. The number of aromatic nitrogens is 3. The van der Waals surface area contributed by atoms with Crippen molar-refractivity contribution in [2.45, 2.75) is 18.2 Å². The summed E-state index contributed by atoms with van der Waals surface area (Å²) in [6.45, 7) is 1.81. The lowest BCUT2D eigenvalue weighted by Crippen LogP contribution is -2.15. The average molecular weight is 490 g/mol. The molecule has 0 saturated heterocycles. The van der Waals surface area contributed by atoms with Gasteiger partial charge in [-0.3, -0.25) is 4.79 Å². The molecule has 2 aromatic carbocycles. The fraction of sp³-hybridized carbons (Fsp3) is 0.211. The number of rotatable bonds is 7. The number of nitrogens with one attached hydrogen (secondary N) is 1. The lowest BCUT2D eigenvalue weighted by atomic mass is 10.3. The number of halogens is 4. The van der Waals surface area contributed by atoms with Crippen LogP contribution in [-0.4, -0.2) is 26.4 Å². The Morgan fingerprint density at radius 2 is 1.97 bits per heavy atom. The van der Waals surface area contributed by atoms with Crippen LogP contribution in [0, 0.1) is 5.82 Å². The van der Waals surface area contributed by atoms with Gasteiger partial charge in [-0.05, 0) is 43.3 Å². The van der Waals surface area contributed by atoms with Crippen molar-refractivity contribution < 1.29 is 13.9 Å². The molecule has 11 heteroatoms. The van der Waals surface area contributed by atoms with Crippen LogP contribution in [0.1, 0.15) is 18.9 Å². The number of anilines is 1. The van der Waals surface area contributed by atoms with Gasteiger partial charge in [0.15, 0.2) is 17.1 Å². The van der Waals surface area contributed by atoms with Gasteiger partial charge in [0, 0.05) is 17.8 Å². The molecule has 1 atom stereocenters. The van der Waals surface area contributed by atoms with Crippen molar-refractivity contribution >= 4 is 58.2 Å². The smallest absolute Gasteiger partial charge is 0.234 e. The Bertz CT molecular complexity index is 1080. The largest absolute Gasteiger partial charge is 0.481 e. The van der Waals surface area contributed by atoms with E-state index in [-0.39, 0.29) is 16.7 Å². The van der Waals surface area contributed by atoms with Crippen LogP contribution in [0.5, 0.6) is 5.75 Å². The number of thioether (sulfide) groups is 1. The molecule has 0 radical (unpaired) electrons.